The predicted octanol–water partition coefficient (Wildman–Crippen LogP) is 3.00. The molecule has 0 unspecified atom stereocenters. The van der Waals surface area contributed by atoms with Crippen molar-refractivity contribution in [2.45, 2.75) is 16.7 Å². The summed E-state index contributed by atoms with van der Waals surface area (Å²) in [6.07, 6.45) is 1.44. The summed E-state index contributed by atoms with van der Waals surface area (Å²) in [5.41, 5.74) is 0.826. The lowest BCUT2D eigenvalue weighted by molar-refractivity contribution is 0.411. The van der Waals surface area contributed by atoms with Crippen LogP contribution in [0.25, 0.3) is 0 Å². The van der Waals surface area contributed by atoms with E-state index in [0.717, 1.165) is 0 Å². The molecule has 0 saturated heterocycles. The van der Waals surface area contributed by atoms with Gasteiger partial charge in [0.2, 0.25) is 5.95 Å². The number of nitrogens with zero attached hydrogens (tertiary/aromatic N) is 2. The highest BCUT2D eigenvalue weighted by Crippen LogP contribution is 2.25. The number of anilines is 2. The van der Waals surface area contributed by atoms with Crippen molar-refractivity contribution >= 4 is 54.3 Å². The SMILES string of the molecule is COc1ccc(S(=O)(=O)Nc2ccc(S(=O)(=O)Nc3nccc(C)n3)cc2)cc1I. The number of nitrogens with one attached hydrogen (secondary N) is 2. The smallest absolute Gasteiger partial charge is 0.264 e. The lowest BCUT2D eigenvalue weighted by Crippen LogP contribution is -2.16. The molecule has 1 aromatic heterocycles. The first-order chi connectivity index (χ1) is 14.1. The summed E-state index contributed by atoms with van der Waals surface area (Å²) in [6, 6.07) is 11.4. The Morgan fingerprint density at radius 3 is 2.13 bits per heavy atom. The number of rotatable bonds is 7. The molecule has 0 bridgehead atoms. The third-order valence-electron chi connectivity index (χ3n) is 3.87. The summed E-state index contributed by atoms with van der Waals surface area (Å²) < 4.78 is 60.7. The molecule has 3 aromatic rings. The van der Waals surface area contributed by atoms with Gasteiger partial charge in [-0.05, 0) is 78.0 Å². The topological polar surface area (TPSA) is 127 Å². The Hall–Kier alpha value is -2.45. The van der Waals surface area contributed by atoms with Crippen molar-refractivity contribution in [2.75, 3.05) is 16.6 Å². The molecule has 0 atom stereocenters. The first kappa shape index (κ1) is 22.2. The van der Waals surface area contributed by atoms with Crippen LogP contribution in [-0.2, 0) is 20.0 Å². The second-order valence-corrected chi connectivity index (χ2v) is 10.6. The third kappa shape index (κ3) is 5.17. The molecule has 0 aliphatic rings. The fourth-order valence-electron chi connectivity index (χ4n) is 2.41. The molecule has 0 saturated carbocycles. The van der Waals surface area contributed by atoms with Gasteiger partial charge in [-0.15, -0.1) is 0 Å². The molecule has 2 aromatic carbocycles. The van der Waals surface area contributed by atoms with Gasteiger partial charge in [-0.3, -0.25) is 4.72 Å². The summed E-state index contributed by atoms with van der Waals surface area (Å²) in [5, 5.41) is 0. The Kier molecular flexibility index (Phi) is 6.47. The number of sulfonamides is 2. The molecule has 2 N–H and O–H groups in total. The van der Waals surface area contributed by atoms with E-state index < -0.39 is 20.0 Å². The van der Waals surface area contributed by atoms with Crippen LogP contribution in [0.3, 0.4) is 0 Å². The Morgan fingerprint density at radius 1 is 0.900 bits per heavy atom. The minimum Gasteiger partial charge on any atom is -0.496 e. The van der Waals surface area contributed by atoms with E-state index in [1.807, 2.05) is 22.6 Å². The van der Waals surface area contributed by atoms with Crippen molar-refractivity contribution in [1.82, 2.24) is 9.97 Å². The lowest BCUT2D eigenvalue weighted by Gasteiger charge is -2.11. The van der Waals surface area contributed by atoms with E-state index in [1.165, 1.54) is 49.7 Å². The van der Waals surface area contributed by atoms with Gasteiger partial charge in [0.05, 0.1) is 20.5 Å². The maximum atomic E-state index is 12.6. The average molecular weight is 560 g/mol. The first-order valence-electron chi connectivity index (χ1n) is 8.39. The van der Waals surface area contributed by atoms with Crippen LogP contribution in [0, 0.1) is 10.5 Å². The van der Waals surface area contributed by atoms with Crippen LogP contribution in [0.15, 0.2) is 64.5 Å². The number of ether oxygens (including phenoxy) is 1. The summed E-state index contributed by atoms with van der Waals surface area (Å²) in [5.74, 6) is 0.517. The van der Waals surface area contributed by atoms with Gasteiger partial charge in [-0.1, -0.05) is 0 Å². The maximum Gasteiger partial charge on any atom is 0.264 e. The standard InChI is InChI=1S/C18H17IN4O5S2/c1-12-9-10-20-18(21-12)23-29(24,25)14-5-3-13(4-6-14)22-30(26,27)15-7-8-17(28-2)16(19)11-15/h3-11,22H,1-2H3,(H,20,21,23). The fraction of sp³-hybridized carbons (Fsp3) is 0.111. The van der Waals surface area contributed by atoms with Gasteiger partial charge < -0.3 is 4.74 Å². The Bertz CT molecular complexity index is 1280. The molecule has 0 amide bonds. The zero-order valence-corrected chi connectivity index (χ0v) is 19.6. The van der Waals surface area contributed by atoms with Gasteiger partial charge in [0.1, 0.15) is 5.75 Å². The quantitative estimate of drug-likeness (QED) is 0.426. The van der Waals surface area contributed by atoms with Crippen LogP contribution in [0.1, 0.15) is 5.69 Å². The molecular weight excluding hydrogens is 543 g/mol. The lowest BCUT2D eigenvalue weighted by atomic mass is 10.3. The van der Waals surface area contributed by atoms with Crippen molar-refractivity contribution in [3.05, 3.63) is 64.0 Å². The number of methoxy groups -OCH3 is 1. The van der Waals surface area contributed by atoms with Gasteiger partial charge >= 0.3 is 0 Å². The minimum absolute atomic E-state index is 0.0473. The van der Waals surface area contributed by atoms with Crippen LogP contribution in [-0.4, -0.2) is 33.9 Å². The fourth-order valence-corrected chi connectivity index (χ4v) is 5.39. The van der Waals surface area contributed by atoms with Gasteiger partial charge in [0.15, 0.2) is 0 Å². The van der Waals surface area contributed by atoms with Gasteiger partial charge in [0.25, 0.3) is 20.0 Å². The largest absolute Gasteiger partial charge is 0.496 e. The Labute approximate surface area is 188 Å². The maximum absolute atomic E-state index is 12.6. The van der Waals surface area contributed by atoms with Gasteiger partial charge in [-0.25, -0.2) is 31.5 Å². The molecule has 0 aliphatic carbocycles. The zero-order chi connectivity index (χ0) is 21.9. The molecule has 0 radical (unpaired) electrons. The van der Waals surface area contributed by atoms with E-state index in [-0.39, 0.29) is 21.4 Å². The zero-order valence-electron chi connectivity index (χ0n) is 15.8. The van der Waals surface area contributed by atoms with E-state index >= 15 is 0 Å². The molecule has 30 heavy (non-hydrogen) atoms. The third-order valence-corrected chi connectivity index (χ3v) is 7.44. The molecule has 0 aliphatic heterocycles. The number of halogens is 1. The Balaban J connectivity index is 1.79. The van der Waals surface area contributed by atoms with Crippen LogP contribution in [0.4, 0.5) is 11.6 Å². The van der Waals surface area contributed by atoms with E-state index in [0.29, 0.717) is 15.0 Å². The van der Waals surface area contributed by atoms with E-state index in [2.05, 4.69) is 19.4 Å². The van der Waals surface area contributed by atoms with Crippen LogP contribution >= 0.6 is 22.6 Å². The molecule has 12 heteroatoms. The van der Waals surface area contributed by atoms with E-state index in [1.54, 1.807) is 19.1 Å². The number of aromatic nitrogens is 2. The van der Waals surface area contributed by atoms with Crippen molar-refractivity contribution in [3.63, 3.8) is 0 Å². The monoisotopic (exact) mass is 560 g/mol. The van der Waals surface area contributed by atoms with E-state index in [9.17, 15) is 16.8 Å². The molecule has 0 fully saturated rings. The Morgan fingerprint density at radius 2 is 1.53 bits per heavy atom. The summed E-state index contributed by atoms with van der Waals surface area (Å²) in [6.45, 7) is 1.71. The summed E-state index contributed by atoms with van der Waals surface area (Å²) >= 11 is 1.98. The summed E-state index contributed by atoms with van der Waals surface area (Å²) in [7, 11) is -6.28. The highest BCUT2D eigenvalue weighted by Gasteiger charge is 2.18. The van der Waals surface area contributed by atoms with Crippen molar-refractivity contribution in [2.24, 2.45) is 0 Å². The summed E-state index contributed by atoms with van der Waals surface area (Å²) in [4.78, 5) is 7.86. The molecular formula is C18H17IN4O5S2. The second-order valence-electron chi connectivity index (χ2n) is 6.05. The second kappa shape index (κ2) is 8.73. The predicted molar refractivity (Wildman–Crippen MR) is 121 cm³/mol. The van der Waals surface area contributed by atoms with Crippen LogP contribution < -0.4 is 14.2 Å². The molecule has 1 heterocycles. The van der Waals surface area contributed by atoms with Crippen molar-refractivity contribution in [3.8, 4) is 5.75 Å². The van der Waals surface area contributed by atoms with Crippen molar-refractivity contribution in [1.29, 1.82) is 0 Å². The molecule has 9 nitrogen and oxygen atoms in total. The normalized spacial score (nSPS) is 11.7. The number of hydrogen-bond acceptors (Lipinski definition) is 7. The number of hydrogen-bond donors (Lipinski definition) is 2. The van der Waals surface area contributed by atoms with E-state index in [4.69, 9.17) is 4.74 Å². The van der Waals surface area contributed by atoms with Gasteiger partial charge in [-0.2, -0.15) is 0 Å². The molecule has 0 spiro atoms. The highest BCUT2D eigenvalue weighted by atomic mass is 127. The highest BCUT2D eigenvalue weighted by molar-refractivity contribution is 14.1. The van der Waals surface area contributed by atoms with Crippen LogP contribution in [0.2, 0.25) is 0 Å². The van der Waals surface area contributed by atoms with Gasteiger partial charge in [0, 0.05) is 17.6 Å². The average Bonchev–Trinajstić information content (AvgIpc) is 2.67. The minimum atomic E-state index is -3.92. The number of benzene rings is 2. The first-order valence-corrected chi connectivity index (χ1v) is 12.4. The molecule has 3 rings (SSSR count). The van der Waals surface area contributed by atoms with Crippen molar-refractivity contribution < 1.29 is 21.6 Å². The number of aryl methyl sites for hydroxylation is 1. The van der Waals surface area contributed by atoms with Crippen LogP contribution in [0.5, 0.6) is 5.75 Å². The molecule has 158 valence electrons.